The summed E-state index contributed by atoms with van der Waals surface area (Å²) in [5.74, 6) is 0.0651. The molecule has 0 aliphatic carbocycles. The van der Waals surface area contributed by atoms with Gasteiger partial charge in [-0.2, -0.15) is 0 Å². The summed E-state index contributed by atoms with van der Waals surface area (Å²) in [7, 11) is -2.36. The normalized spacial score (nSPS) is 14.5. The van der Waals surface area contributed by atoms with E-state index in [0.717, 1.165) is 9.87 Å². The van der Waals surface area contributed by atoms with E-state index in [1.54, 1.807) is 19.1 Å². The Morgan fingerprint density at radius 3 is 2.28 bits per heavy atom. The van der Waals surface area contributed by atoms with E-state index in [1.165, 1.54) is 18.4 Å². The standard InChI is InChI=1S/C14H14N2O3S2.C2H6.CH3.Y/c1-8-6-4-5-7-10(8)13-11(17)12-14(15-9(2)20-12)16(3)21(13,18)19;1-2;;/h4-7,17H,1-3H3;1-2H3;1H3;/q;;-1;. The monoisotopic (exact) mass is 456 g/mol. The second-order valence-corrected chi connectivity index (χ2v) is 7.96. The van der Waals surface area contributed by atoms with Crippen molar-refractivity contribution < 1.29 is 46.2 Å². The van der Waals surface area contributed by atoms with E-state index in [4.69, 9.17) is 0 Å². The summed E-state index contributed by atoms with van der Waals surface area (Å²) in [5, 5.41) is 11.2. The van der Waals surface area contributed by atoms with Gasteiger partial charge in [-0.15, -0.1) is 11.3 Å². The molecule has 0 unspecified atom stereocenters. The number of benzene rings is 1. The van der Waals surface area contributed by atoms with Crippen molar-refractivity contribution >= 4 is 37.8 Å². The van der Waals surface area contributed by atoms with Crippen molar-refractivity contribution in [3.05, 3.63) is 52.7 Å². The van der Waals surface area contributed by atoms with Crippen molar-refractivity contribution in [2.45, 2.75) is 27.7 Å². The molecule has 0 saturated heterocycles. The molecule has 0 spiro atoms. The molecule has 1 aliphatic rings. The van der Waals surface area contributed by atoms with Gasteiger partial charge in [0.05, 0.1) is 5.01 Å². The maximum Gasteiger partial charge on any atom is 0.269 e. The van der Waals surface area contributed by atoms with Crippen LogP contribution in [0.15, 0.2) is 24.3 Å². The number of thiazole rings is 1. The number of anilines is 1. The Morgan fingerprint density at radius 2 is 1.72 bits per heavy atom. The number of hydrogen-bond donors (Lipinski definition) is 1. The number of aliphatic hydroxyl groups excluding tert-OH is 1. The molecular formula is C17H23N2O3S2Y-. The molecule has 0 bridgehead atoms. The average Bonchev–Trinajstić information content (AvgIpc) is 2.91. The SMILES string of the molecule is CC.Cc1nc2c(s1)C(O)=C(c1ccccc1C)S(=O)(=O)N2C.[CH3-].[Y]. The fourth-order valence-electron chi connectivity index (χ4n) is 2.35. The smallest absolute Gasteiger partial charge is 0.269 e. The molecule has 135 valence electrons. The number of aromatic nitrogens is 1. The van der Waals surface area contributed by atoms with Gasteiger partial charge in [0.25, 0.3) is 10.0 Å². The summed E-state index contributed by atoms with van der Waals surface area (Å²) < 4.78 is 26.6. The van der Waals surface area contributed by atoms with Gasteiger partial charge in [0.1, 0.15) is 9.78 Å². The summed E-state index contributed by atoms with van der Waals surface area (Å²) in [6.45, 7) is 7.60. The number of sulfonamides is 1. The van der Waals surface area contributed by atoms with Gasteiger partial charge in [-0.3, -0.25) is 4.31 Å². The van der Waals surface area contributed by atoms with E-state index in [9.17, 15) is 13.5 Å². The van der Waals surface area contributed by atoms with Crippen molar-refractivity contribution in [3.63, 3.8) is 0 Å². The van der Waals surface area contributed by atoms with Gasteiger partial charge in [0.2, 0.25) is 0 Å². The van der Waals surface area contributed by atoms with Crippen LogP contribution in [0, 0.1) is 21.3 Å². The Labute approximate surface area is 179 Å². The molecule has 5 nitrogen and oxygen atoms in total. The first kappa shape index (κ1) is 24.2. The van der Waals surface area contributed by atoms with Crippen LogP contribution < -0.4 is 4.31 Å². The fraction of sp³-hybridized carbons (Fsp3) is 0.294. The molecule has 2 aromatic rings. The average molecular weight is 456 g/mol. The first-order valence-corrected chi connectivity index (χ1v) is 9.55. The first-order valence-electron chi connectivity index (χ1n) is 7.30. The molecule has 1 aliphatic heterocycles. The second-order valence-electron chi connectivity index (χ2n) is 4.85. The minimum Gasteiger partial charge on any atom is -0.505 e. The van der Waals surface area contributed by atoms with Gasteiger partial charge in [0, 0.05) is 45.3 Å². The summed E-state index contributed by atoms with van der Waals surface area (Å²) in [6, 6.07) is 7.10. The molecule has 0 fully saturated rings. The number of fused-ring (bicyclic) bond motifs is 1. The van der Waals surface area contributed by atoms with Crippen LogP contribution in [0.3, 0.4) is 0 Å². The number of nitrogens with zero attached hydrogens (tertiary/aromatic N) is 2. The van der Waals surface area contributed by atoms with E-state index in [2.05, 4.69) is 4.98 Å². The quantitative estimate of drug-likeness (QED) is 0.646. The first-order chi connectivity index (χ1) is 10.8. The minimum atomic E-state index is -3.82. The van der Waals surface area contributed by atoms with Gasteiger partial charge < -0.3 is 12.5 Å². The summed E-state index contributed by atoms with van der Waals surface area (Å²) in [5.41, 5.74) is 1.30. The maximum atomic E-state index is 12.7. The molecule has 0 saturated carbocycles. The van der Waals surface area contributed by atoms with Gasteiger partial charge in [0.15, 0.2) is 11.6 Å². The van der Waals surface area contributed by atoms with E-state index >= 15 is 0 Å². The van der Waals surface area contributed by atoms with Gasteiger partial charge in [-0.05, 0) is 19.4 Å². The van der Waals surface area contributed by atoms with Crippen LogP contribution in [0.25, 0.3) is 10.7 Å². The van der Waals surface area contributed by atoms with Crippen molar-refractivity contribution in [1.82, 2.24) is 4.98 Å². The van der Waals surface area contributed by atoms with Crippen molar-refractivity contribution in [1.29, 1.82) is 0 Å². The number of aliphatic hydroxyl groups is 1. The van der Waals surface area contributed by atoms with Crippen LogP contribution in [0.1, 0.15) is 34.9 Å². The van der Waals surface area contributed by atoms with Gasteiger partial charge in [-0.1, -0.05) is 38.1 Å². The molecule has 3 rings (SSSR count). The zero-order valence-electron chi connectivity index (χ0n) is 15.4. The topological polar surface area (TPSA) is 70.5 Å². The zero-order chi connectivity index (χ0) is 17.4. The molecule has 2 heterocycles. The number of aryl methyl sites for hydroxylation is 2. The summed E-state index contributed by atoms with van der Waals surface area (Å²) in [6.07, 6.45) is 0. The predicted octanol–water partition coefficient (Wildman–Crippen LogP) is 4.40. The van der Waals surface area contributed by atoms with Crippen LogP contribution in [-0.2, 0) is 42.7 Å². The Hall–Kier alpha value is -0.756. The molecule has 8 heteroatoms. The molecule has 1 radical (unpaired) electrons. The third kappa shape index (κ3) is 4.16. The number of rotatable bonds is 1. The Bertz CT molecular complexity index is 874. The molecule has 1 N–H and O–H groups in total. The Balaban J connectivity index is 0.00000139. The Kier molecular flexibility index (Phi) is 8.98. The maximum absolute atomic E-state index is 12.7. The molecule has 1 aromatic heterocycles. The second kappa shape index (κ2) is 9.26. The van der Waals surface area contributed by atoms with Crippen LogP contribution in [0.2, 0.25) is 0 Å². The molecule has 0 atom stereocenters. The van der Waals surface area contributed by atoms with Gasteiger partial charge >= 0.3 is 0 Å². The van der Waals surface area contributed by atoms with Crippen LogP contribution >= 0.6 is 11.3 Å². The molecule has 25 heavy (non-hydrogen) atoms. The molecular weight excluding hydrogens is 433 g/mol. The van der Waals surface area contributed by atoms with Crippen molar-refractivity contribution in [2.24, 2.45) is 0 Å². The summed E-state index contributed by atoms with van der Waals surface area (Å²) in [4.78, 5) is 4.63. The van der Waals surface area contributed by atoms with Gasteiger partial charge in [-0.25, -0.2) is 13.4 Å². The van der Waals surface area contributed by atoms with E-state index in [-0.39, 0.29) is 56.6 Å². The van der Waals surface area contributed by atoms with Crippen molar-refractivity contribution in [3.8, 4) is 0 Å². The third-order valence-corrected chi connectivity index (χ3v) is 6.24. The predicted molar refractivity (Wildman–Crippen MR) is 103 cm³/mol. The fourth-order valence-corrected chi connectivity index (χ4v) is 4.86. The largest absolute Gasteiger partial charge is 0.505 e. The van der Waals surface area contributed by atoms with E-state index in [1.807, 2.05) is 32.9 Å². The number of hydrogen-bond acceptors (Lipinski definition) is 5. The summed E-state index contributed by atoms with van der Waals surface area (Å²) >= 11 is 1.28. The minimum absolute atomic E-state index is 0. The molecule has 0 amide bonds. The molecule has 1 aromatic carbocycles. The van der Waals surface area contributed by atoms with Crippen LogP contribution in [0.4, 0.5) is 5.82 Å². The third-order valence-electron chi connectivity index (χ3n) is 3.45. The zero-order valence-corrected chi connectivity index (χ0v) is 19.8. The van der Waals surface area contributed by atoms with Crippen LogP contribution in [-0.4, -0.2) is 25.6 Å². The Morgan fingerprint density at radius 1 is 1.16 bits per heavy atom. The van der Waals surface area contributed by atoms with E-state index < -0.39 is 10.0 Å². The van der Waals surface area contributed by atoms with E-state index in [0.29, 0.717) is 15.4 Å². The van der Waals surface area contributed by atoms with Crippen LogP contribution in [0.5, 0.6) is 0 Å². The van der Waals surface area contributed by atoms with Crippen molar-refractivity contribution in [2.75, 3.05) is 11.4 Å².